The Morgan fingerprint density at radius 2 is 2.00 bits per heavy atom. The number of epoxide rings is 1. The number of rotatable bonds is 3. The fraction of sp³-hybridized carbons (Fsp3) is 1.00. The summed E-state index contributed by atoms with van der Waals surface area (Å²) in [5, 5.41) is 18.8. The molecule has 0 saturated carbocycles. The number of aliphatic hydroxyl groups is 2. The van der Waals surface area contributed by atoms with Gasteiger partial charge in [-0.15, -0.1) is 0 Å². The summed E-state index contributed by atoms with van der Waals surface area (Å²) in [5.41, 5.74) is 5.21. The highest BCUT2D eigenvalue weighted by Gasteiger charge is 2.56. The van der Waals surface area contributed by atoms with Gasteiger partial charge >= 0.3 is 0 Å². The van der Waals surface area contributed by atoms with E-state index in [0.29, 0.717) is 6.54 Å². The summed E-state index contributed by atoms with van der Waals surface area (Å²) in [6, 6.07) is 0. The molecule has 6 nitrogen and oxygen atoms in total. The molecule has 0 amide bonds. The van der Waals surface area contributed by atoms with E-state index in [1.165, 1.54) is 0 Å². The van der Waals surface area contributed by atoms with Crippen molar-refractivity contribution in [3.8, 4) is 0 Å². The Balaban J connectivity index is 1.88. The van der Waals surface area contributed by atoms with Gasteiger partial charge < -0.3 is 30.2 Å². The first-order valence-electron chi connectivity index (χ1n) is 4.23. The number of hydrogen-bond donors (Lipinski definition) is 3. The van der Waals surface area contributed by atoms with Crippen molar-refractivity contribution in [2.75, 3.05) is 13.2 Å². The minimum absolute atomic E-state index is 0.284. The number of aliphatic hydroxyl groups excluding tert-OH is 2. The molecule has 6 heteroatoms. The molecule has 0 aromatic rings. The summed E-state index contributed by atoms with van der Waals surface area (Å²) in [5.74, 6) is 0. The van der Waals surface area contributed by atoms with Crippen LogP contribution in [0.25, 0.3) is 0 Å². The van der Waals surface area contributed by atoms with Gasteiger partial charge in [-0.25, -0.2) is 0 Å². The van der Waals surface area contributed by atoms with Crippen molar-refractivity contribution >= 4 is 0 Å². The Morgan fingerprint density at radius 3 is 2.69 bits per heavy atom. The lowest BCUT2D eigenvalue weighted by Gasteiger charge is -2.28. The van der Waals surface area contributed by atoms with Crippen LogP contribution in [0.4, 0.5) is 0 Å². The Morgan fingerprint density at radius 1 is 1.23 bits per heavy atom. The molecule has 5 atom stereocenters. The summed E-state index contributed by atoms with van der Waals surface area (Å²) in [6.45, 7) is 0.628. The molecular weight excluding hydrogens is 178 g/mol. The fourth-order valence-electron chi connectivity index (χ4n) is 1.35. The molecule has 4 N–H and O–H groups in total. The lowest BCUT2D eigenvalue weighted by molar-refractivity contribution is -0.242. The molecule has 0 aliphatic carbocycles. The normalized spacial score (nSPS) is 48.7. The van der Waals surface area contributed by atoms with Gasteiger partial charge in [-0.2, -0.15) is 0 Å². The molecular formula is C7H13NO5. The minimum Gasteiger partial charge on any atom is -0.387 e. The van der Waals surface area contributed by atoms with Crippen LogP contribution in [0.15, 0.2) is 0 Å². The van der Waals surface area contributed by atoms with Gasteiger partial charge in [0, 0.05) is 6.54 Å². The second-order valence-corrected chi connectivity index (χ2v) is 3.11. The molecule has 2 rings (SSSR count). The summed E-state index contributed by atoms with van der Waals surface area (Å²) in [7, 11) is 0. The van der Waals surface area contributed by atoms with Gasteiger partial charge in [0.1, 0.15) is 18.3 Å². The number of fused-ring (bicyclic) bond motifs is 1. The van der Waals surface area contributed by atoms with Gasteiger partial charge in [-0.05, 0) is 0 Å². The average molecular weight is 191 g/mol. The van der Waals surface area contributed by atoms with E-state index in [9.17, 15) is 10.2 Å². The quantitative estimate of drug-likeness (QED) is 0.436. The summed E-state index contributed by atoms with van der Waals surface area (Å²) in [4.78, 5) is 0. The molecule has 2 saturated heterocycles. The third-order valence-electron chi connectivity index (χ3n) is 2.12. The van der Waals surface area contributed by atoms with E-state index < -0.39 is 30.9 Å². The van der Waals surface area contributed by atoms with Crippen LogP contribution in [-0.2, 0) is 14.2 Å². The first-order valence-corrected chi connectivity index (χ1v) is 4.23. The highest BCUT2D eigenvalue weighted by molar-refractivity contribution is 4.94. The zero-order chi connectivity index (χ0) is 9.42. The van der Waals surface area contributed by atoms with Gasteiger partial charge in [-0.1, -0.05) is 0 Å². The van der Waals surface area contributed by atoms with Crippen molar-refractivity contribution in [2.24, 2.45) is 5.73 Å². The van der Waals surface area contributed by atoms with Crippen LogP contribution in [0.1, 0.15) is 0 Å². The topological polar surface area (TPSA) is 97.5 Å². The van der Waals surface area contributed by atoms with Crippen molar-refractivity contribution in [1.29, 1.82) is 0 Å². The van der Waals surface area contributed by atoms with Gasteiger partial charge in [0.15, 0.2) is 12.6 Å². The first-order chi connectivity index (χ1) is 6.24. The molecule has 0 bridgehead atoms. The highest BCUT2D eigenvalue weighted by atomic mass is 16.8. The fourth-order valence-corrected chi connectivity index (χ4v) is 1.35. The first kappa shape index (κ1) is 9.32. The zero-order valence-corrected chi connectivity index (χ0v) is 7.00. The maximum atomic E-state index is 9.44. The largest absolute Gasteiger partial charge is 0.387 e. The zero-order valence-electron chi connectivity index (χ0n) is 7.00. The number of hydrogen-bond acceptors (Lipinski definition) is 6. The Labute approximate surface area is 75.2 Å². The molecule has 0 aromatic carbocycles. The van der Waals surface area contributed by atoms with Crippen molar-refractivity contribution < 1.29 is 24.4 Å². The van der Waals surface area contributed by atoms with E-state index in [4.69, 9.17) is 19.9 Å². The van der Waals surface area contributed by atoms with E-state index in [2.05, 4.69) is 0 Å². The maximum absolute atomic E-state index is 9.44. The molecule has 13 heavy (non-hydrogen) atoms. The van der Waals surface area contributed by atoms with Crippen LogP contribution >= 0.6 is 0 Å². The van der Waals surface area contributed by atoms with E-state index in [-0.39, 0.29) is 6.61 Å². The maximum Gasteiger partial charge on any atom is 0.190 e. The molecule has 2 fully saturated rings. The smallest absolute Gasteiger partial charge is 0.190 e. The van der Waals surface area contributed by atoms with Gasteiger partial charge in [0.25, 0.3) is 0 Å². The second-order valence-electron chi connectivity index (χ2n) is 3.11. The predicted octanol–water partition coefficient (Wildman–Crippen LogP) is -2.24. The Kier molecular flexibility index (Phi) is 2.50. The summed E-state index contributed by atoms with van der Waals surface area (Å²) >= 11 is 0. The van der Waals surface area contributed by atoms with Crippen LogP contribution in [-0.4, -0.2) is 54.3 Å². The molecule has 2 aliphatic rings. The third kappa shape index (κ3) is 1.69. The van der Waals surface area contributed by atoms with Crippen LogP contribution < -0.4 is 5.73 Å². The Bertz CT molecular complexity index is 190. The van der Waals surface area contributed by atoms with E-state index >= 15 is 0 Å². The lowest BCUT2D eigenvalue weighted by atomic mass is 10.1. The van der Waals surface area contributed by atoms with Gasteiger partial charge in [0.05, 0.1) is 6.61 Å². The minimum atomic E-state index is -1.06. The molecule has 0 aromatic heterocycles. The highest BCUT2D eigenvalue weighted by Crippen LogP contribution is 2.35. The molecule has 2 aliphatic heterocycles. The van der Waals surface area contributed by atoms with E-state index in [0.717, 1.165) is 0 Å². The van der Waals surface area contributed by atoms with Crippen LogP contribution in [0.3, 0.4) is 0 Å². The van der Waals surface area contributed by atoms with Crippen molar-refractivity contribution in [2.45, 2.75) is 30.9 Å². The van der Waals surface area contributed by atoms with Crippen LogP contribution in [0.2, 0.25) is 0 Å². The van der Waals surface area contributed by atoms with Crippen LogP contribution in [0, 0.1) is 0 Å². The third-order valence-corrected chi connectivity index (χ3v) is 2.12. The number of nitrogens with two attached hydrogens (primary N) is 1. The average Bonchev–Trinajstić information content (AvgIpc) is 2.88. The summed E-state index contributed by atoms with van der Waals surface area (Å²) in [6.07, 6.45) is -3.65. The van der Waals surface area contributed by atoms with Crippen molar-refractivity contribution in [3.63, 3.8) is 0 Å². The lowest BCUT2D eigenvalue weighted by Crippen LogP contribution is -2.49. The standard InChI is InChI=1S/C7H13NO5/c8-1-2-11-6-4(10)3(9)5-7(12-5)13-6/h3-7,9-10H,1-2,8H2. The summed E-state index contributed by atoms with van der Waals surface area (Å²) < 4.78 is 15.1. The second kappa shape index (κ2) is 3.49. The monoisotopic (exact) mass is 191 g/mol. The van der Waals surface area contributed by atoms with E-state index in [1.54, 1.807) is 0 Å². The van der Waals surface area contributed by atoms with Crippen molar-refractivity contribution in [3.05, 3.63) is 0 Å². The van der Waals surface area contributed by atoms with Crippen molar-refractivity contribution in [1.82, 2.24) is 0 Å². The molecule has 2 heterocycles. The number of ether oxygens (including phenoxy) is 3. The van der Waals surface area contributed by atoms with Gasteiger partial charge in [-0.3, -0.25) is 0 Å². The molecule has 5 unspecified atom stereocenters. The van der Waals surface area contributed by atoms with E-state index in [1.807, 2.05) is 0 Å². The molecule has 0 spiro atoms. The van der Waals surface area contributed by atoms with Crippen LogP contribution in [0.5, 0.6) is 0 Å². The predicted molar refractivity (Wildman–Crippen MR) is 40.6 cm³/mol. The Hall–Kier alpha value is -0.240. The van der Waals surface area contributed by atoms with Gasteiger partial charge in [0.2, 0.25) is 0 Å². The molecule has 0 radical (unpaired) electrons. The molecule has 76 valence electrons. The SMILES string of the molecule is NCCOC1OC2OC2C(O)C1O.